The van der Waals surface area contributed by atoms with E-state index in [0.29, 0.717) is 49.9 Å². The van der Waals surface area contributed by atoms with Crippen molar-refractivity contribution >= 4 is 46.7 Å². The minimum Gasteiger partial charge on any atom is -0.383 e. The number of rotatable bonds is 13. The molecule has 0 bridgehead atoms. The van der Waals surface area contributed by atoms with E-state index in [1.165, 1.54) is 23.5 Å². The van der Waals surface area contributed by atoms with Gasteiger partial charge in [-0.2, -0.15) is 21.0 Å². The van der Waals surface area contributed by atoms with Crippen molar-refractivity contribution in [3.8, 4) is 46.5 Å². The quantitative estimate of drug-likeness (QED) is 0.0821. The molecule has 0 saturated heterocycles. The van der Waals surface area contributed by atoms with Crippen molar-refractivity contribution in [3.63, 3.8) is 0 Å². The molecule has 6 rings (SSSR count). The lowest BCUT2D eigenvalue weighted by atomic mass is 9.94. The minimum absolute atomic E-state index is 0. The molecule has 0 amide bonds. The summed E-state index contributed by atoms with van der Waals surface area (Å²) in [5.74, 6) is 0.460. The zero-order valence-corrected chi connectivity index (χ0v) is 35.8. The van der Waals surface area contributed by atoms with Crippen LogP contribution in [0.4, 0.5) is 11.6 Å². The third-order valence-corrected chi connectivity index (χ3v) is 11.4. The van der Waals surface area contributed by atoms with Gasteiger partial charge in [-0.3, -0.25) is 9.59 Å². The Morgan fingerprint density at radius 2 is 0.919 bits per heavy atom. The summed E-state index contributed by atoms with van der Waals surface area (Å²) in [7, 11) is 0. The molecule has 10 nitrogen and oxygen atoms in total. The van der Waals surface area contributed by atoms with Crippen LogP contribution >= 0.6 is 23.5 Å². The highest BCUT2D eigenvalue weighted by Crippen LogP contribution is 2.34. The summed E-state index contributed by atoms with van der Waals surface area (Å²) in [5, 5.41) is 39.0. The van der Waals surface area contributed by atoms with Crippen molar-refractivity contribution in [2.45, 2.75) is 57.5 Å². The Labute approximate surface area is 372 Å². The van der Waals surface area contributed by atoms with E-state index in [0.717, 1.165) is 22.3 Å². The first-order chi connectivity index (χ1) is 29.4. The van der Waals surface area contributed by atoms with Gasteiger partial charge in [0.25, 0.3) is 0 Å². The van der Waals surface area contributed by atoms with Crippen molar-refractivity contribution in [2.75, 3.05) is 23.0 Å². The fraction of sp³-hybridized carbons (Fsp3) is 0.200. The Morgan fingerprint density at radius 1 is 0.548 bits per heavy atom. The summed E-state index contributed by atoms with van der Waals surface area (Å²) in [6, 6.07) is 43.2. The first-order valence-corrected chi connectivity index (χ1v) is 21.3. The number of ketones is 2. The molecule has 0 aliphatic rings. The summed E-state index contributed by atoms with van der Waals surface area (Å²) in [5.41, 5.74) is 19.7. The molecule has 6 aromatic rings. The molecule has 0 unspecified atom stereocenters. The van der Waals surface area contributed by atoms with Crippen molar-refractivity contribution in [3.05, 3.63) is 154 Å². The molecule has 0 atom stereocenters. The highest BCUT2D eigenvalue weighted by Gasteiger charge is 2.23. The van der Waals surface area contributed by atoms with Crippen LogP contribution in [0.1, 0.15) is 95.1 Å². The predicted octanol–water partition coefficient (Wildman–Crippen LogP) is 11.1. The zero-order chi connectivity index (χ0) is 44.1. The lowest BCUT2D eigenvalue weighted by Crippen LogP contribution is -2.09. The van der Waals surface area contributed by atoms with Crippen LogP contribution in [0.5, 0.6) is 0 Å². The molecule has 2 heterocycles. The van der Waals surface area contributed by atoms with E-state index in [1.54, 1.807) is 24.3 Å². The number of pyridine rings is 2. The van der Waals surface area contributed by atoms with Gasteiger partial charge in [0.15, 0.2) is 11.6 Å². The van der Waals surface area contributed by atoms with Gasteiger partial charge in [-0.1, -0.05) is 168 Å². The van der Waals surface area contributed by atoms with Gasteiger partial charge in [0.05, 0.1) is 33.8 Å². The van der Waals surface area contributed by atoms with E-state index < -0.39 is 0 Å². The number of nitriles is 4. The van der Waals surface area contributed by atoms with Crippen LogP contribution < -0.4 is 11.5 Å². The molecule has 0 spiro atoms. The van der Waals surface area contributed by atoms with Crippen LogP contribution in [0, 0.1) is 51.2 Å². The Morgan fingerprint density at radius 3 is 1.29 bits per heavy atom. The highest BCUT2D eigenvalue weighted by atomic mass is 32.2. The largest absolute Gasteiger partial charge is 0.383 e. The van der Waals surface area contributed by atoms with Crippen molar-refractivity contribution in [1.82, 2.24) is 9.97 Å². The van der Waals surface area contributed by atoms with Crippen LogP contribution in [-0.2, 0) is 6.42 Å². The van der Waals surface area contributed by atoms with Crippen LogP contribution in [-0.4, -0.2) is 33.0 Å². The van der Waals surface area contributed by atoms with Crippen molar-refractivity contribution in [2.24, 2.45) is 5.92 Å². The van der Waals surface area contributed by atoms with Crippen molar-refractivity contribution < 1.29 is 9.59 Å². The van der Waals surface area contributed by atoms with Gasteiger partial charge in [0, 0.05) is 11.1 Å². The summed E-state index contributed by atoms with van der Waals surface area (Å²) >= 11 is 2.34. The van der Waals surface area contributed by atoms with Crippen LogP contribution in [0.25, 0.3) is 22.3 Å². The average molecular weight is 855 g/mol. The van der Waals surface area contributed by atoms with Gasteiger partial charge >= 0.3 is 0 Å². The molecule has 310 valence electrons. The third-order valence-electron chi connectivity index (χ3n) is 9.47. The molecule has 0 fully saturated rings. The second kappa shape index (κ2) is 22.4. The number of anilines is 2. The topological polar surface area (TPSA) is 207 Å². The number of hydrogen-bond acceptors (Lipinski definition) is 12. The predicted molar refractivity (Wildman–Crippen MR) is 249 cm³/mol. The molecular formula is C50H46N8O2S2. The third kappa shape index (κ3) is 11.5. The number of hydrogen-bond donors (Lipinski definition) is 2. The maximum atomic E-state index is 12.7. The second-order valence-electron chi connectivity index (χ2n) is 14.5. The Hall–Kier alpha value is -7.22. The molecule has 62 heavy (non-hydrogen) atoms. The van der Waals surface area contributed by atoms with Crippen molar-refractivity contribution in [1.29, 1.82) is 21.0 Å². The van der Waals surface area contributed by atoms with Gasteiger partial charge in [-0.05, 0) is 51.6 Å². The van der Waals surface area contributed by atoms with E-state index in [2.05, 4.69) is 28.2 Å². The lowest BCUT2D eigenvalue weighted by Gasteiger charge is -2.15. The van der Waals surface area contributed by atoms with E-state index in [-0.39, 0.29) is 65.1 Å². The van der Waals surface area contributed by atoms with Crippen LogP contribution in [0.15, 0.2) is 119 Å². The Bertz CT molecular complexity index is 2710. The zero-order valence-electron chi connectivity index (χ0n) is 34.1. The number of nitrogens with two attached hydrogens (primary N) is 2. The molecule has 4 N–H and O–H groups in total. The summed E-state index contributed by atoms with van der Waals surface area (Å²) < 4.78 is 0. The Kier molecular flexibility index (Phi) is 17.1. The summed E-state index contributed by atoms with van der Waals surface area (Å²) in [6.45, 7) is 7.80. The molecule has 2 aromatic heterocycles. The fourth-order valence-electron chi connectivity index (χ4n) is 6.49. The van der Waals surface area contributed by atoms with Crippen LogP contribution in [0.2, 0.25) is 0 Å². The maximum absolute atomic E-state index is 12.7. The first kappa shape index (κ1) is 47.5. The van der Waals surface area contributed by atoms with E-state index in [1.807, 2.05) is 119 Å². The average Bonchev–Trinajstić information content (AvgIpc) is 3.27. The number of aromatic nitrogens is 2. The van der Waals surface area contributed by atoms with Gasteiger partial charge in [-0.15, -0.1) is 0 Å². The van der Waals surface area contributed by atoms with Crippen LogP contribution in [0.3, 0.4) is 0 Å². The second-order valence-corrected chi connectivity index (χ2v) is 16.4. The number of carbonyl (C=O) groups excluding carboxylic acids is 2. The first-order valence-electron chi connectivity index (χ1n) is 19.3. The number of nitrogens with zero attached hydrogens (tertiary/aromatic N) is 6. The minimum atomic E-state index is -0.0701. The molecule has 0 radical (unpaired) electrons. The number of Topliss-reactive ketones (excluding diaryl/α,β-unsaturated/α-hetero) is 2. The normalized spacial score (nSPS) is 10.3. The molecule has 12 heteroatoms. The number of carbonyl (C=O) groups is 2. The monoisotopic (exact) mass is 854 g/mol. The van der Waals surface area contributed by atoms with E-state index >= 15 is 0 Å². The molecule has 0 aliphatic heterocycles. The van der Waals surface area contributed by atoms with E-state index in [9.17, 15) is 30.6 Å². The Balaban J connectivity index is 0.000000268. The smallest absolute Gasteiger partial charge is 0.173 e. The van der Waals surface area contributed by atoms with Gasteiger partial charge in [0.1, 0.15) is 46.0 Å². The fourth-order valence-corrected chi connectivity index (χ4v) is 8.29. The highest BCUT2D eigenvalue weighted by molar-refractivity contribution is 8.00. The van der Waals surface area contributed by atoms with E-state index in [4.69, 9.17) is 11.5 Å². The molecule has 4 aromatic carbocycles. The summed E-state index contributed by atoms with van der Waals surface area (Å²) in [6.07, 6.45) is 0.543. The molecule has 0 saturated carbocycles. The van der Waals surface area contributed by atoms with Gasteiger partial charge < -0.3 is 11.5 Å². The number of thioether (sulfide) groups is 2. The maximum Gasteiger partial charge on any atom is 0.173 e. The summed E-state index contributed by atoms with van der Waals surface area (Å²) in [4.78, 5) is 33.9. The number of nitrogen functional groups attached to an aromatic ring is 2. The standard InChI is InChI=1S/C25H22N4OS.C24H20N4OS.CH4/c1-16(2)12-20-21(13-26)24(28)29-25(22(20)14-27)31-15-23(30)19-10-8-18(9-11-19)17-6-4-3-5-7-17;1-15(2)22-19(12-25)23(27)28-24(20(22)13-26)30-14-21(29)18-10-8-17(9-11-18)16-6-4-3-5-7-16;/h3-11,16H,12,15H2,1-2H3,(H2,28,29);3-11,15H,14H2,1-2H3,(H2,27,28);1H4. The molecular weight excluding hydrogens is 809 g/mol. The van der Waals surface area contributed by atoms with Gasteiger partial charge in [-0.25, -0.2) is 9.97 Å². The van der Waals surface area contributed by atoms with Gasteiger partial charge in [0.2, 0.25) is 0 Å². The number of benzene rings is 4. The molecule has 0 aliphatic carbocycles. The SMILES string of the molecule is C.CC(C)Cc1c(C#N)c(N)nc(SCC(=O)c2ccc(-c3ccccc3)cc2)c1C#N.CC(C)c1c(C#N)c(N)nc(SCC(=O)c2ccc(-c3ccccc3)cc2)c1C#N. The lowest BCUT2D eigenvalue weighted by molar-refractivity contribution is 0.101.